The summed E-state index contributed by atoms with van der Waals surface area (Å²) in [4.78, 5) is 2.60. The standard InChI is InChI=1S/C15H30N2/c1-17(13-15-9-6-10-16-11-15)12-14-7-4-2-3-5-8-14/h14-16H,2-13H2,1H3. The van der Waals surface area contributed by atoms with Gasteiger partial charge in [0.15, 0.2) is 0 Å². The van der Waals surface area contributed by atoms with Crippen LogP contribution >= 0.6 is 0 Å². The first-order valence-corrected chi connectivity index (χ1v) is 7.74. The molecule has 1 N–H and O–H groups in total. The highest BCUT2D eigenvalue weighted by Crippen LogP contribution is 2.23. The van der Waals surface area contributed by atoms with Gasteiger partial charge >= 0.3 is 0 Å². The number of hydrogen-bond donors (Lipinski definition) is 1. The fourth-order valence-corrected chi connectivity index (χ4v) is 3.58. The van der Waals surface area contributed by atoms with Crippen molar-refractivity contribution in [1.82, 2.24) is 10.2 Å². The molecule has 100 valence electrons. The summed E-state index contributed by atoms with van der Waals surface area (Å²) in [6.45, 7) is 5.14. The van der Waals surface area contributed by atoms with Crippen LogP contribution in [0.4, 0.5) is 0 Å². The maximum Gasteiger partial charge on any atom is 0.00189 e. The summed E-state index contributed by atoms with van der Waals surface area (Å²) >= 11 is 0. The zero-order valence-corrected chi connectivity index (χ0v) is 11.6. The lowest BCUT2D eigenvalue weighted by molar-refractivity contribution is 0.207. The van der Waals surface area contributed by atoms with Crippen molar-refractivity contribution in [3.05, 3.63) is 0 Å². The molecule has 1 atom stereocenters. The summed E-state index contributed by atoms with van der Waals surface area (Å²) in [7, 11) is 2.33. The SMILES string of the molecule is CN(CC1CCCCCC1)CC1CCCNC1. The molecule has 0 bridgehead atoms. The van der Waals surface area contributed by atoms with Gasteiger partial charge < -0.3 is 10.2 Å². The van der Waals surface area contributed by atoms with Gasteiger partial charge in [-0.05, 0) is 57.7 Å². The first-order chi connectivity index (χ1) is 8.34. The molecular formula is C15H30N2. The molecule has 0 amide bonds. The molecule has 0 radical (unpaired) electrons. The van der Waals surface area contributed by atoms with Gasteiger partial charge in [-0.15, -0.1) is 0 Å². The topological polar surface area (TPSA) is 15.3 Å². The van der Waals surface area contributed by atoms with Crippen molar-refractivity contribution in [2.75, 3.05) is 33.2 Å². The van der Waals surface area contributed by atoms with E-state index in [1.807, 2.05) is 0 Å². The summed E-state index contributed by atoms with van der Waals surface area (Å²) in [5.41, 5.74) is 0. The smallest absolute Gasteiger partial charge is 0.00189 e. The van der Waals surface area contributed by atoms with Gasteiger partial charge in [-0.2, -0.15) is 0 Å². The maximum absolute atomic E-state index is 3.53. The zero-order chi connectivity index (χ0) is 11.9. The van der Waals surface area contributed by atoms with Crippen molar-refractivity contribution in [1.29, 1.82) is 0 Å². The van der Waals surface area contributed by atoms with Crippen molar-refractivity contribution < 1.29 is 0 Å². The van der Waals surface area contributed by atoms with E-state index in [4.69, 9.17) is 0 Å². The molecule has 0 aromatic rings. The van der Waals surface area contributed by atoms with Crippen LogP contribution in [0, 0.1) is 11.8 Å². The van der Waals surface area contributed by atoms with Crippen LogP contribution in [0.15, 0.2) is 0 Å². The molecule has 1 heterocycles. The molecule has 2 rings (SSSR count). The summed E-state index contributed by atoms with van der Waals surface area (Å²) in [6.07, 6.45) is 11.7. The fraction of sp³-hybridized carbons (Fsp3) is 1.00. The Morgan fingerprint density at radius 2 is 1.53 bits per heavy atom. The monoisotopic (exact) mass is 238 g/mol. The lowest BCUT2D eigenvalue weighted by atomic mass is 9.97. The van der Waals surface area contributed by atoms with E-state index in [0.29, 0.717) is 0 Å². The Morgan fingerprint density at radius 3 is 2.18 bits per heavy atom. The fourth-order valence-electron chi connectivity index (χ4n) is 3.58. The van der Waals surface area contributed by atoms with E-state index >= 15 is 0 Å². The predicted octanol–water partition coefficient (Wildman–Crippen LogP) is 2.89. The predicted molar refractivity (Wildman–Crippen MR) is 74.3 cm³/mol. The highest BCUT2D eigenvalue weighted by atomic mass is 15.1. The third-order valence-corrected chi connectivity index (χ3v) is 4.51. The Hall–Kier alpha value is -0.0800. The largest absolute Gasteiger partial charge is 0.316 e. The van der Waals surface area contributed by atoms with E-state index in [9.17, 15) is 0 Å². The normalized spacial score (nSPS) is 28.2. The van der Waals surface area contributed by atoms with E-state index in [1.54, 1.807) is 0 Å². The number of nitrogens with one attached hydrogen (secondary N) is 1. The molecule has 2 aliphatic rings. The van der Waals surface area contributed by atoms with Crippen LogP contribution in [0.1, 0.15) is 51.4 Å². The molecule has 2 heteroatoms. The number of rotatable bonds is 4. The second kappa shape index (κ2) is 7.38. The molecule has 1 aliphatic carbocycles. The van der Waals surface area contributed by atoms with Crippen molar-refractivity contribution in [2.45, 2.75) is 51.4 Å². The lowest BCUT2D eigenvalue weighted by Gasteiger charge is -2.29. The van der Waals surface area contributed by atoms with Gasteiger partial charge in [-0.25, -0.2) is 0 Å². The van der Waals surface area contributed by atoms with Gasteiger partial charge in [-0.1, -0.05) is 25.7 Å². The van der Waals surface area contributed by atoms with E-state index in [0.717, 1.165) is 11.8 Å². The minimum atomic E-state index is 0.902. The van der Waals surface area contributed by atoms with Crippen molar-refractivity contribution >= 4 is 0 Å². The molecule has 0 spiro atoms. The Kier molecular flexibility index (Phi) is 5.79. The van der Waals surface area contributed by atoms with Gasteiger partial charge in [0.25, 0.3) is 0 Å². The molecular weight excluding hydrogens is 208 g/mol. The van der Waals surface area contributed by atoms with Crippen LogP contribution in [0.5, 0.6) is 0 Å². The van der Waals surface area contributed by atoms with Crippen LogP contribution in [-0.4, -0.2) is 38.1 Å². The van der Waals surface area contributed by atoms with Gasteiger partial charge in [0.05, 0.1) is 0 Å². The highest BCUT2D eigenvalue weighted by molar-refractivity contribution is 4.74. The van der Waals surface area contributed by atoms with E-state index in [-0.39, 0.29) is 0 Å². The first-order valence-electron chi connectivity index (χ1n) is 7.74. The second-order valence-electron chi connectivity index (χ2n) is 6.29. The second-order valence-corrected chi connectivity index (χ2v) is 6.29. The molecule has 1 unspecified atom stereocenters. The van der Waals surface area contributed by atoms with Crippen molar-refractivity contribution in [2.24, 2.45) is 11.8 Å². The molecule has 2 nitrogen and oxygen atoms in total. The zero-order valence-electron chi connectivity index (χ0n) is 11.6. The maximum atomic E-state index is 3.53. The van der Waals surface area contributed by atoms with Crippen LogP contribution in [0.25, 0.3) is 0 Å². The summed E-state index contributed by atoms with van der Waals surface area (Å²) in [5, 5.41) is 3.53. The lowest BCUT2D eigenvalue weighted by Crippen LogP contribution is -2.38. The van der Waals surface area contributed by atoms with Gasteiger partial charge in [0, 0.05) is 13.1 Å². The minimum absolute atomic E-state index is 0.902. The third-order valence-electron chi connectivity index (χ3n) is 4.51. The van der Waals surface area contributed by atoms with Gasteiger partial charge in [0.2, 0.25) is 0 Å². The molecule has 0 aromatic heterocycles. The summed E-state index contributed by atoms with van der Waals surface area (Å²) in [6, 6.07) is 0. The highest BCUT2D eigenvalue weighted by Gasteiger charge is 2.18. The quantitative estimate of drug-likeness (QED) is 0.758. The number of hydrogen-bond acceptors (Lipinski definition) is 2. The van der Waals surface area contributed by atoms with Crippen molar-refractivity contribution in [3.63, 3.8) is 0 Å². The molecule has 1 aliphatic heterocycles. The molecule has 1 saturated carbocycles. The third kappa shape index (κ3) is 4.97. The number of nitrogens with zero attached hydrogens (tertiary/aromatic N) is 1. The summed E-state index contributed by atoms with van der Waals surface area (Å²) < 4.78 is 0. The van der Waals surface area contributed by atoms with Crippen LogP contribution < -0.4 is 5.32 Å². The minimum Gasteiger partial charge on any atom is -0.316 e. The average Bonchev–Trinajstić information content (AvgIpc) is 2.59. The average molecular weight is 238 g/mol. The van der Waals surface area contributed by atoms with E-state index in [1.165, 1.54) is 77.5 Å². The van der Waals surface area contributed by atoms with E-state index < -0.39 is 0 Å². The molecule has 17 heavy (non-hydrogen) atoms. The number of piperidine rings is 1. The van der Waals surface area contributed by atoms with Crippen molar-refractivity contribution in [3.8, 4) is 0 Å². The molecule has 0 aromatic carbocycles. The van der Waals surface area contributed by atoms with Crippen LogP contribution in [-0.2, 0) is 0 Å². The summed E-state index contributed by atoms with van der Waals surface area (Å²) in [5.74, 6) is 1.89. The Morgan fingerprint density at radius 1 is 0.882 bits per heavy atom. The molecule has 2 fully saturated rings. The Bertz CT molecular complexity index is 191. The van der Waals surface area contributed by atoms with Crippen LogP contribution in [0.2, 0.25) is 0 Å². The van der Waals surface area contributed by atoms with E-state index in [2.05, 4.69) is 17.3 Å². The first kappa shape index (κ1) is 13.4. The van der Waals surface area contributed by atoms with Gasteiger partial charge in [-0.3, -0.25) is 0 Å². The van der Waals surface area contributed by atoms with Crippen LogP contribution in [0.3, 0.4) is 0 Å². The molecule has 1 saturated heterocycles. The van der Waals surface area contributed by atoms with Gasteiger partial charge in [0.1, 0.15) is 0 Å². The Balaban J connectivity index is 1.66. The Labute approximate surface area is 107 Å².